The Morgan fingerprint density at radius 3 is 2.26 bits per heavy atom. The average molecular weight is 385 g/mol. The van der Waals surface area contributed by atoms with Crippen molar-refractivity contribution < 1.29 is 14.5 Å². The Bertz CT molecular complexity index is 835. The van der Waals surface area contributed by atoms with Crippen LogP contribution in [0.3, 0.4) is 0 Å². The van der Waals surface area contributed by atoms with E-state index in [4.69, 9.17) is 4.74 Å². The second-order valence-electron chi connectivity index (χ2n) is 6.39. The lowest BCUT2D eigenvalue weighted by atomic mass is 10.1. The molecular formula is C19H19N3O4S. The molecule has 0 spiro atoms. The van der Waals surface area contributed by atoms with Gasteiger partial charge in [-0.3, -0.25) is 19.8 Å². The van der Waals surface area contributed by atoms with E-state index in [0.29, 0.717) is 5.75 Å². The maximum Gasteiger partial charge on any atom is 0.269 e. The summed E-state index contributed by atoms with van der Waals surface area (Å²) < 4.78 is 5.39. The maximum atomic E-state index is 12.5. The van der Waals surface area contributed by atoms with Crippen molar-refractivity contribution in [2.24, 2.45) is 0 Å². The van der Waals surface area contributed by atoms with Gasteiger partial charge in [0.15, 0.2) is 0 Å². The van der Waals surface area contributed by atoms with E-state index in [2.05, 4.69) is 4.90 Å². The molecule has 27 heavy (non-hydrogen) atoms. The number of nitro groups is 1. The van der Waals surface area contributed by atoms with Crippen LogP contribution in [0.25, 0.3) is 0 Å². The Morgan fingerprint density at radius 2 is 1.63 bits per heavy atom. The molecule has 2 fully saturated rings. The van der Waals surface area contributed by atoms with E-state index in [1.54, 1.807) is 17.0 Å². The Labute approximate surface area is 161 Å². The number of thioether (sulfide) groups is 1. The van der Waals surface area contributed by atoms with Crippen molar-refractivity contribution in [2.75, 3.05) is 41.9 Å². The van der Waals surface area contributed by atoms with E-state index in [1.165, 1.54) is 23.9 Å². The molecule has 1 atom stereocenters. The lowest BCUT2D eigenvalue weighted by Crippen LogP contribution is -2.36. The van der Waals surface area contributed by atoms with Crippen molar-refractivity contribution in [1.82, 2.24) is 0 Å². The molecular weight excluding hydrogens is 366 g/mol. The Kier molecular flexibility index (Phi) is 5.00. The second-order valence-corrected chi connectivity index (χ2v) is 7.46. The summed E-state index contributed by atoms with van der Waals surface area (Å²) in [5, 5.41) is 10.7. The molecule has 7 nitrogen and oxygen atoms in total. The van der Waals surface area contributed by atoms with Crippen molar-refractivity contribution in [2.45, 2.75) is 5.37 Å². The van der Waals surface area contributed by atoms with E-state index >= 15 is 0 Å². The van der Waals surface area contributed by atoms with Gasteiger partial charge >= 0.3 is 0 Å². The zero-order valence-electron chi connectivity index (χ0n) is 14.6. The molecule has 2 aromatic carbocycles. The molecule has 0 N–H and O–H groups in total. The summed E-state index contributed by atoms with van der Waals surface area (Å²) in [6, 6.07) is 14.4. The molecule has 2 aliphatic heterocycles. The number of nitrogens with zero attached hydrogens (tertiary/aromatic N) is 3. The summed E-state index contributed by atoms with van der Waals surface area (Å²) in [7, 11) is 0. The normalized spacial score (nSPS) is 20.1. The van der Waals surface area contributed by atoms with Crippen molar-refractivity contribution >= 4 is 34.7 Å². The standard InChI is InChI=1S/C19H19N3O4S/c23-18-13-27-19(14-1-3-17(4-2-14)22(24)25)21(18)16-7-5-15(6-8-16)20-9-11-26-12-10-20/h1-8,19H,9-13H2. The molecule has 1 amide bonds. The Morgan fingerprint density at radius 1 is 1.00 bits per heavy atom. The van der Waals surface area contributed by atoms with Crippen molar-refractivity contribution in [1.29, 1.82) is 0 Å². The van der Waals surface area contributed by atoms with Gasteiger partial charge in [-0.2, -0.15) is 0 Å². The number of benzene rings is 2. The zero-order valence-corrected chi connectivity index (χ0v) is 15.4. The first kappa shape index (κ1) is 17.8. The van der Waals surface area contributed by atoms with E-state index in [9.17, 15) is 14.9 Å². The quantitative estimate of drug-likeness (QED) is 0.594. The van der Waals surface area contributed by atoms with Gasteiger partial charge in [-0.05, 0) is 42.0 Å². The number of hydrogen-bond acceptors (Lipinski definition) is 6. The summed E-state index contributed by atoms with van der Waals surface area (Å²) in [4.78, 5) is 27.0. The van der Waals surface area contributed by atoms with E-state index in [-0.39, 0.29) is 17.0 Å². The highest BCUT2D eigenvalue weighted by Gasteiger charge is 2.34. The van der Waals surface area contributed by atoms with Crippen LogP contribution in [0, 0.1) is 10.1 Å². The number of non-ortho nitro benzene ring substituents is 1. The van der Waals surface area contributed by atoms with Gasteiger partial charge in [0.25, 0.3) is 5.69 Å². The van der Waals surface area contributed by atoms with Crippen LogP contribution < -0.4 is 9.80 Å². The third-order valence-electron chi connectivity index (χ3n) is 4.76. The summed E-state index contributed by atoms with van der Waals surface area (Å²) in [5.74, 6) is 0.440. The first-order valence-corrected chi connectivity index (χ1v) is 9.79. The van der Waals surface area contributed by atoms with Gasteiger partial charge in [0.05, 0.1) is 23.9 Å². The van der Waals surface area contributed by atoms with Gasteiger partial charge in [0.2, 0.25) is 5.91 Å². The van der Waals surface area contributed by atoms with Crippen LogP contribution in [0.15, 0.2) is 48.5 Å². The number of nitro benzene ring substituents is 1. The van der Waals surface area contributed by atoms with E-state index in [1.807, 2.05) is 24.3 Å². The Hall–Kier alpha value is -2.58. The number of ether oxygens (including phenoxy) is 1. The number of anilines is 2. The van der Waals surface area contributed by atoms with Gasteiger partial charge < -0.3 is 9.64 Å². The zero-order chi connectivity index (χ0) is 18.8. The lowest BCUT2D eigenvalue weighted by molar-refractivity contribution is -0.384. The van der Waals surface area contributed by atoms with Gasteiger partial charge in [-0.1, -0.05) is 0 Å². The highest BCUT2D eigenvalue weighted by atomic mass is 32.2. The largest absolute Gasteiger partial charge is 0.378 e. The molecule has 0 bridgehead atoms. The molecule has 4 rings (SSSR count). The molecule has 140 valence electrons. The minimum absolute atomic E-state index is 0.0440. The van der Waals surface area contributed by atoms with Crippen LogP contribution in [0.4, 0.5) is 17.1 Å². The first-order chi connectivity index (χ1) is 13.1. The number of rotatable bonds is 4. The third kappa shape index (κ3) is 3.63. The number of morpholine rings is 1. The summed E-state index contributed by atoms with van der Waals surface area (Å²) in [6.07, 6.45) is 0. The van der Waals surface area contributed by atoms with Gasteiger partial charge in [0, 0.05) is 36.6 Å². The van der Waals surface area contributed by atoms with Crippen molar-refractivity contribution in [3.05, 3.63) is 64.2 Å². The molecule has 0 radical (unpaired) electrons. The SMILES string of the molecule is O=C1CSC(c2ccc([N+](=O)[O-])cc2)N1c1ccc(N2CCOCC2)cc1. The molecule has 1 unspecified atom stereocenters. The van der Waals surface area contributed by atoms with E-state index < -0.39 is 4.92 Å². The van der Waals surface area contributed by atoms with Gasteiger partial charge in [-0.15, -0.1) is 11.8 Å². The summed E-state index contributed by atoms with van der Waals surface area (Å²) >= 11 is 1.53. The molecule has 2 aromatic rings. The van der Waals surface area contributed by atoms with Crippen LogP contribution in [-0.4, -0.2) is 42.9 Å². The first-order valence-electron chi connectivity index (χ1n) is 8.74. The van der Waals surface area contributed by atoms with Crippen LogP contribution >= 0.6 is 11.8 Å². The fourth-order valence-electron chi connectivity index (χ4n) is 3.36. The summed E-state index contributed by atoms with van der Waals surface area (Å²) in [5.41, 5.74) is 2.89. The highest BCUT2D eigenvalue weighted by molar-refractivity contribution is 8.00. The lowest BCUT2D eigenvalue weighted by Gasteiger charge is -2.30. The molecule has 2 aliphatic rings. The maximum absolute atomic E-state index is 12.5. The van der Waals surface area contributed by atoms with Crippen LogP contribution in [0.5, 0.6) is 0 Å². The second kappa shape index (κ2) is 7.58. The van der Waals surface area contributed by atoms with Crippen LogP contribution in [-0.2, 0) is 9.53 Å². The van der Waals surface area contributed by atoms with Crippen LogP contribution in [0.1, 0.15) is 10.9 Å². The number of amides is 1. The fourth-order valence-corrected chi connectivity index (χ4v) is 4.53. The average Bonchev–Trinajstić information content (AvgIpc) is 3.10. The van der Waals surface area contributed by atoms with Crippen LogP contribution in [0.2, 0.25) is 0 Å². The highest BCUT2D eigenvalue weighted by Crippen LogP contribution is 2.42. The topological polar surface area (TPSA) is 75.9 Å². The minimum Gasteiger partial charge on any atom is -0.378 e. The number of carbonyl (C=O) groups excluding carboxylic acids is 1. The number of hydrogen-bond donors (Lipinski definition) is 0. The predicted molar refractivity (Wildman–Crippen MR) is 105 cm³/mol. The Balaban J connectivity index is 1.56. The minimum atomic E-state index is -0.418. The smallest absolute Gasteiger partial charge is 0.269 e. The monoisotopic (exact) mass is 385 g/mol. The molecule has 0 aromatic heterocycles. The molecule has 2 saturated heterocycles. The molecule has 0 aliphatic carbocycles. The number of carbonyl (C=O) groups is 1. The summed E-state index contributed by atoms with van der Waals surface area (Å²) in [6.45, 7) is 3.18. The van der Waals surface area contributed by atoms with Crippen molar-refractivity contribution in [3.8, 4) is 0 Å². The van der Waals surface area contributed by atoms with Gasteiger partial charge in [0.1, 0.15) is 5.37 Å². The molecule has 8 heteroatoms. The fraction of sp³-hybridized carbons (Fsp3) is 0.316. The van der Waals surface area contributed by atoms with Crippen molar-refractivity contribution in [3.63, 3.8) is 0 Å². The van der Waals surface area contributed by atoms with Gasteiger partial charge in [-0.25, -0.2) is 0 Å². The molecule has 2 heterocycles. The molecule has 0 saturated carbocycles. The third-order valence-corrected chi connectivity index (χ3v) is 5.97. The van der Waals surface area contributed by atoms with E-state index in [0.717, 1.165) is 43.2 Å². The predicted octanol–water partition coefficient (Wildman–Crippen LogP) is 3.21.